The fourth-order valence-electron chi connectivity index (χ4n) is 1.89. The van der Waals surface area contributed by atoms with Gasteiger partial charge >= 0.3 is 5.97 Å². The minimum Gasteiger partial charge on any atom is -0.462 e. The van der Waals surface area contributed by atoms with Gasteiger partial charge in [0.05, 0.1) is 5.41 Å². The summed E-state index contributed by atoms with van der Waals surface area (Å²) in [6, 6.07) is 4.21. The molecule has 0 saturated heterocycles. The summed E-state index contributed by atoms with van der Waals surface area (Å²) in [5, 5.41) is 0. The Kier molecular flexibility index (Phi) is 3.57. The van der Waals surface area contributed by atoms with E-state index in [9.17, 15) is 4.79 Å². The van der Waals surface area contributed by atoms with Crippen LogP contribution in [0.15, 0.2) is 12.1 Å². The first kappa shape index (κ1) is 12.6. The standard InChI is InChI=1S/C14H20O2S/c1-10-7-8-12(17-10)9-14(2,3)13(15)16-11-5-4-6-11/h7-8,11H,4-6,9H2,1-3H3. The van der Waals surface area contributed by atoms with Gasteiger partial charge in [-0.2, -0.15) is 0 Å². The molecule has 0 radical (unpaired) electrons. The molecule has 1 aromatic rings. The van der Waals surface area contributed by atoms with E-state index in [4.69, 9.17) is 4.74 Å². The van der Waals surface area contributed by atoms with Gasteiger partial charge in [-0.25, -0.2) is 0 Å². The Hall–Kier alpha value is -0.830. The van der Waals surface area contributed by atoms with Crippen molar-refractivity contribution in [3.05, 3.63) is 21.9 Å². The number of ether oxygens (including phenoxy) is 1. The number of esters is 1. The molecule has 0 aliphatic heterocycles. The molecule has 0 amide bonds. The molecule has 0 spiro atoms. The maximum Gasteiger partial charge on any atom is 0.312 e. The lowest BCUT2D eigenvalue weighted by atomic mass is 9.88. The van der Waals surface area contributed by atoms with E-state index in [-0.39, 0.29) is 12.1 Å². The Morgan fingerprint density at radius 2 is 2.18 bits per heavy atom. The highest BCUT2D eigenvalue weighted by Gasteiger charge is 2.33. The van der Waals surface area contributed by atoms with Crippen molar-refractivity contribution in [3.63, 3.8) is 0 Å². The van der Waals surface area contributed by atoms with Gasteiger partial charge in [-0.15, -0.1) is 11.3 Å². The van der Waals surface area contributed by atoms with E-state index in [1.807, 2.05) is 13.8 Å². The van der Waals surface area contributed by atoms with Gasteiger partial charge < -0.3 is 4.74 Å². The third-order valence-electron chi connectivity index (χ3n) is 3.29. The molecule has 2 rings (SSSR count). The van der Waals surface area contributed by atoms with Gasteiger partial charge in [-0.1, -0.05) is 0 Å². The number of hydrogen-bond acceptors (Lipinski definition) is 3. The first-order valence-electron chi connectivity index (χ1n) is 6.24. The van der Waals surface area contributed by atoms with Crippen LogP contribution in [0.25, 0.3) is 0 Å². The Bertz CT molecular complexity index is 402. The number of carbonyl (C=O) groups excluding carboxylic acids is 1. The third kappa shape index (κ3) is 3.09. The van der Waals surface area contributed by atoms with Crippen molar-refractivity contribution in [2.45, 2.75) is 52.6 Å². The van der Waals surface area contributed by atoms with Gasteiger partial charge in [0.1, 0.15) is 6.10 Å². The van der Waals surface area contributed by atoms with E-state index in [0.29, 0.717) is 0 Å². The monoisotopic (exact) mass is 252 g/mol. The lowest BCUT2D eigenvalue weighted by molar-refractivity contribution is -0.163. The minimum atomic E-state index is -0.410. The second-order valence-electron chi connectivity index (χ2n) is 5.53. The topological polar surface area (TPSA) is 26.3 Å². The molecule has 1 saturated carbocycles. The van der Waals surface area contributed by atoms with Crippen LogP contribution in [0.5, 0.6) is 0 Å². The van der Waals surface area contributed by atoms with Gasteiger partial charge in [-0.05, 0) is 58.6 Å². The van der Waals surface area contributed by atoms with Crippen LogP contribution in [0, 0.1) is 12.3 Å². The van der Waals surface area contributed by atoms with Crippen LogP contribution in [-0.4, -0.2) is 12.1 Å². The average Bonchev–Trinajstić information content (AvgIpc) is 2.56. The molecular formula is C14H20O2S. The van der Waals surface area contributed by atoms with Crippen LogP contribution in [-0.2, 0) is 16.0 Å². The second-order valence-corrected chi connectivity index (χ2v) is 6.90. The molecule has 1 fully saturated rings. The SMILES string of the molecule is Cc1ccc(CC(C)(C)C(=O)OC2CCC2)s1. The number of carbonyl (C=O) groups is 1. The van der Waals surface area contributed by atoms with E-state index in [1.54, 1.807) is 11.3 Å². The fourth-order valence-corrected chi connectivity index (χ4v) is 3.01. The van der Waals surface area contributed by atoms with E-state index in [1.165, 1.54) is 16.2 Å². The maximum atomic E-state index is 12.1. The summed E-state index contributed by atoms with van der Waals surface area (Å²) in [6.45, 7) is 6.04. The van der Waals surface area contributed by atoms with Crippen molar-refractivity contribution in [3.8, 4) is 0 Å². The van der Waals surface area contributed by atoms with Crippen LogP contribution in [0.3, 0.4) is 0 Å². The van der Waals surface area contributed by atoms with Gasteiger partial charge in [-0.3, -0.25) is 4.79 Å². The smallest absolute Gasteiger partial charge is 0.312 e. The summed E-state index contributed by atoms with van der Waals surface area (Å²) in [7, 11) is 0. The van der Waals surface area contributed by atoms with Crippen molar-refractivity contribution in [1.29, 1.82) is 0 Å². The van der Waals surface area contributed by atoms with Crippen molar-refractivity contribution in [2.24, 2.45) is 5.41 Å². The summed E-state index contributed by atoms with van der Waals surface area (Å²) >= 11 is 1.76. The van der Waals surface area contributed by atoms with E-state index in [0.717, 1.165) is 19.3 Å². The first-order chi connectivity index (χ1) is 7.97. The quantitative estimate of drug-likeness (QED) is 0.763. The van der Waals surface area contributed by atoms with Crippen molar-refractivity contribution < 1.29 is 9.53 Å². The normalized spacial score (nSPS) is 16.6. The fraction of sp³-hybridized carbons (Fsp3) is 0.643. The van der Waals surface area contributed by atoms with Gasteiger partial charge in [0.15, 0.2) is 0 Å². The molecule has 3 heteroatoms. The zero-order valence-electron chi connectivity index (χ0n) is 10.8. The number of thiophene rings is 1. The molecule has 1 heterocycles. The molecule has 1 aromatic heterocycles. The van der Waals surface area contributed by atoms with Crippen molar-refractivity contribution >= 4 is 17.3 Å². The predicted octanol–water partition coefficient (Wildman–Crippen LogP) is 3.72. The number of rotatable bonds is 4. The molecular weight excluding hydrogens is 232 g/mol. The molecule has 94 valence electrons. The van der Waals surface area contributed by atoms with Crippen LogP contribution >= 0.6 is 11.3 Å². The van der Waals surface area contributed by atoms with E-state index >= 15 is 0 Å². The Labute approximate surface area is 107 Å². The van der Waals surface area contributed by atoms with E-state index < -0.39 is 5.41 Å². The van der Waals surface area contributed by atoms with Crippen LogP contribution < -0.4 is 0 Å². The van der Waals surface area contributed by atoms with Crippen molar-refractivity contribution in [2.75, 3.05) is 0 Å². The number of hydrogen-bond donors (Lipinski definition) is 0. The predicted molar refractivity (Wildman–Crippen MR) is 70.3 cm³/mol. The lowest BCUT2D eigenvalue weighted by Gasteiger charge is -2.30. The van der Waals surface area contributed by atoms with Gasteiger partial charge in [0, 0.05) is 9.75 Å². The van der Waals surface area contributed by atoms with Crippen LogP contribution in [0.2, 0.25) is 0 Å². The van der Waals surface area contributed by atoms with Crippen LogP contribution in [0.4, 0.5) is 0 Å². The Morgan fingerprint density at radius 1 is 1.47 bits per heavy atom. The highest BCUT2D eigenvalue weighted by molar-refractivity contribution is 7.11. The molecule has 0 atom stereocenters. The molecule has 0 unspecified atom stereocenters. The largest absolute Gasteiger partial charge is 0.462 e. The molecule has 0 bridgehead atoms. The van der Waals surface area contributed by atoms with Gasteiger partial charge in [0.2, 0.25) is 0 Å². The summed E-state index contributed by atoms with van der Waals surface area (Å²) in [5.41, 5.74) is -0.410. The van der Waals surface area contributed by atoms with Crippen LogP contribution in [0.1, 0.15) is 42.9 Å². The zero-order valence-corrected chi connectivity index (χ0v) is 11.6. The molecule has 1 aliphatic rings. The molecule has 1 aliphatic carbocycles. The molecule has 2 nitrogen and oxygen atoms in total. The minimum absolute atomic E-state index is 0.0479. The summed E-state index contributed by atoms with van der Waals surface area (Å²) in [4.78, 5) is 14.6. The molecule has 0 N–H and O–H groups in total. The van der Waals surface area contributed by atoms with E-state index in [2.05, 4.69) is 19.1 Å². The summed E-state index contributed by atoms with van der Waals surface area (Å²) in [5.74, 6) is -0.0479. The zero-order chi connectivity index (χ0) is 12.5. The summed E-state index contributed by atoms with van der Waals surface area (Å²) < 4.78 is 5.50. The highest BCUT2D eigenvalue weighted by atomic mass is 32.1. The second kappa shape index (κ2) is 4.81. The Morgan fingerprint density at radius 3 is 2.65 bits per heavy atom. The van der Waals surface area contributed by atoms with Gasteiger partial charge in [0.25, 0.3) is 0 Å². The third-order valence-corrected chi connectivity index (χ3v) is 4.29. The lowest BCUT2D eigenvalue weighted by Crippen LogP contribution is -2.34. The summed E-state index contributed by atoms with van der Waals surface area (Å²) in [6.07, 6.45) is 4.24. The Balaban J connectivity index is 1.94. The number of aryl methyl sites for hydroxylation is 1. The maximum absolute atomic E-state index is 12.1. The highest BCUT2D eigenvalue weighted by Crippen LogP contribution is 2.30. The van der Waals surface area contributed by atoms with Crippen molar-refractivity contribution in [1.82, 2.24) is 0 Å². The molecule has 17 heavy (non-hydrogen) atoms. The average molecular weight is 252 g/mol. The first-order valence-corrected chi connectivity index (χ1v) is 7.05. The molecule has 0 aromatic carbocycles.